The number of hydrogen-bond acceptors (Lipinski definition) is 1. The van der Waals surface area contributed by atoms with Crippen molar-refractivity contribution in [2.75, 3.05) is 0 Å². The first kappa shape index (κ1) is 12.7. The van der Waals surface area contributed by atoms with Crippen LogP contribution in [0.1, 0.15) is 30.0 Å². The topological polar surface area (TPSA) is 40.9 Å². The largest absolute Gasteiger partial charge is 0.270 e. The monoisotopic (exact) mass is 262 g/mol. The van der Waals surface area contributed by atoms with Crippen molar-refractivity contribution in [3.63, 3.8) is 0 Å². The Morgan fingerprint density at radius 1 is 1.35 bits per heavy atom. The molecule has 1 amide bonds. The average Bonchev–Trinajstić information content (AvgIpc) is 2.78. The van der Waals surface area contributed by atoms with Crippen molar-refractivity contribution < 1.29 is 4.79 Å². The zero-order valence-corrected chi connectivity index (χ0v) is 11.5. The van der Waals surface area contributed by atoms with Crippen molar-refractivity contribution in [2.24, 2.45) is 0 Å². The molecule has 0 bridgehead atoms. The van der Waals surface area contributed by atoms with Crippen molar-refractivity contribution in [1.82, 2.24) is 5.73 Å². The van der Waals surface area contributed by atoms with Crippen LogP contribution < -0.4 is 5.73 Å². The van der Waals surface area contributed by atoms with Crippen LogP contribution in [0.5, 0.6) is 0 Å². The molecule has 0 saturated heterocycles. The molecule has 99 valence electrons. The Kier molecular flexibility index (Phi) is 2.94. The standard InChI is InChI=1S/C18H16NO/c1-11-9-13-6-4-7-14(16(13)10-11)17-12(2)5-3-8-15(17)18(19)20/h3-4,6-8,10,19H,2,5,9H2,1H3. The second-order valence-electron chi connectivity index (χ2n) is 5.37. The van der Waals surface area contributed by atoms with Crippen molar-refractivity contribution in [2.45, 2.75) is 19.8 Å². The van der Waals surface area contributed by atoms with E-state index in [0.29, 0.717) is 5.57 Å². The summed E-state index contributed by atoms with van der Waals surface area (Å²) < 4.78 is 0. The van der Waals surface area contributed by atoms with Gasteiger partial charge in [0.25, 0.3) is 5.91 Å². The van der Waals surface area contributed by atoms with Crippen LogP contribution in [0.2, 0.25) is 0 Å². The van der Waals surface area contributed by atoms with Gasteiger partial charge in [-0.2, -0.15) is 0 Å². The molecular weight excluding hydrogens is 246 g/mol. The van der Waals surface area contributed by atoms with E-state index in [-0.39, 0.29) is 0 Å². The molecule has 0 aromatic heterocycles. The molecule has 3 rings (SSSR count). The Morgan fingerprint density at radius 2 is 2.15 bits per heavy atom. The number of nitrogens with one attached hydrogen (secondary N) is 1. The van der Waals surface area contributed by atoms with Crippen LogP contribution in [0.25, 0.3) is 11.6 Å². The Bertz CT molecular complexity index is 717. The molecule has 2 nitrogen and oxygen atoms in total. The van der Waals surface area contributed by atoms with Gasteiger partial charge in [0.2, 0.25) is 0 Å². The lowest BCUT2D eigenvalue weighted by molar-refractivity contribution is -0.114. The van der Waals surface area contributed by atoms with Gasteiger partial charge in [-0.3, -0.25) is 10.5 Å². The van der Waals surface area contributed by atoms with Crippen LogP contribution in [0.4, 0.5) is 0 Å². The summed E-state index contributed by atoms with van der Waals surface area (Å²) in [4.78, 5) is 11.6. The Morgan fingerprint density at radius 3 is 2.90 bits per heavy atom. The molecule has 0 unspecified atom stereocenters. The molecule has 2 aliphatic carbocycles. The average molecular weight is 262 g/mol. The number of allylic oxidation sites excluding steroid dienone is 4. The summed E-state index contributed by atoms with van der Waals surface area (Å²) in [5, 5.41) is 0. The molecule has 0 fully saturated rings. The van der Waals surface area contributed by atoms with Crippen molar-refractivity contribution in [1.29, 1.82) is 0 Å². The number of fused-ring (bicyclic) bond motifs is 1. The molecule has 0 spiro atoms. The van der Waals surface area contributed by atoms with Crippen LogP contribution >= 0.6 is 0 Å². The minimum atomic E-state index is -0.645. The highest BCUT2D eigenvalue weighted by molar-refractivity contribution is 6.07. The molecule has 2 aliphatic rings. The molecule has 1 radical (unpaired) electrons. The van der Waals surface area contributed by atoms with E-state index in [1.54, 1.807) is 6.08 Å². The minimum absolute atomic E-state index is 0.451. The number of carbonyl (C=O) groups is 1. The molecule has 2 heteroatoms. The normalized spacial score (nSPS) is 17.2. The summed E-state index contributed by atoms with van der Waals surface area (Å²) in [5.74, 6) is -0.645. The maximum absolute atomic E-state index is 11.6. The minimum Gasteiger partial charge on any atom is -0.267 e. The quantitative estimate of drug-likeness (QED) is 0.800. The lowest BCUT2D eigenvalue weighted by Gasteiger charge is -2.19. The van der Waals surface area contributed by atoms with E-state index < -0.39 is 5.91 Å². The van der Waals surface area contributed by atoms with Crippen LogP contribution in [0.15, 0.2) is 53.6 Å². The maximum atomic E-state index is 11.6. The molecule has 0 heterocycles. The Hall–Kier alpha value is -2.35. The highest BCUT2D eigenvalue weighted by atomic mass is 16.1. The molecule has 0 saturated carbocycles. The number of hydrogen-bond donors (Lipinski definition) is 0. The van der Waals surface area contributed by atoms with Crippen LogP contribution in [-0.4, -0.2) is 5.91 Å². The third kappa shape index (κ3) is 1.94. The van der Waals surface area contributed by atoms with Crippen molar-refractivity contribution in [3.05, 3.63) is 70.3 Å². The summed E-state index contributed by atoms with van der Waals surface area (Å²) in [6, 6.07) is 6.16. The van der Waals surface area contributed by atoms with E-state index in [9.17, 15) is 4.79 Å². The fourth-order valence-corrected chi connectivity index (χ4v) is 2.97. The van der Waals surface area contributed by atoms with Gasteiger partial charge >= 0.3 is 0 Å². The first-order chi connectivity index (χ1) is 9.58. The summed E-state index contributed by atoms with van der Waals surface area (Å²) in [7, 11) is 0. The fourth-order valence-electron chi connectivity index (χ4n) is 2.97. The third-order valence-corrected chi connectivity index (χ3v) is 3.84. The van der Waals surface area contributed by atoms with E-state index in [1.165, 1.54) is 16.7 Å². The second kappa shape index (κ2) is 4.64. The van der Waals surface area contributed by atoms with Gasteiger partial charge in [-0.05, 0) is 47.6 Å². The van der Waals surface area contributed by atoms with Crippen molar-refractivity contribution in [3.8, 4) is 0 Å². The van der Waals surface area contributed by atoms with Crippen LogP contribution in [0.3, 0.4) is 0 Å². The Labute approximate surface area is 119 Å². The smallest absolute Gasteiger partial charge is 0.267 e. The first-order valence-corrected chi connectivity index (χ1v) is 6.72. The molecule has 0 aliphatic heterocycles. The number of benzene rings is 1. The number of rotatable bonds is 2. The number of amides is 1. The molecular formula is C18H16NO. The van der Waals surface area contributed by atoms with Gasteiger partial charge in [0.15, 0.2) is 0 Å². The van der Waals surface area contributed by atoms with Gasteiger partial charge in [-0.15, -0.1) is 0 Å². The van der Waals surface area contributed by atoms with E-state index in [0.717, 1.165) is 29.6 Å². The van der Waals surface area contributed by atoms with Gasteiger partial charge in [-0.1, -0.05) is 48.6 Å². The zero-order chi connectivity index (χ0) is 14.3. The van der Waals surface area contributed by atoms with Crippen LogP contribution in [-0.2, 0) is 11.2 Å². The number of carbonyl (C=O) groups excluding carboxylic acids is 1. The third-order valence-electron chi connectivity index (χ3n) is 3.84. The molecule has 1 aromatic carbocycles. The second-order valence-corrected chi connectivity index (χ2v) is 5.37. The fraction of sp³-hybridized carbons (Fsp3) is 0.167. The summed E-state index contributed by atoms with van der Waals surface area (Å²) in [6.07, 6.45) is 7.53. The molecule has 1 N–H and O–H groups in total. The molecule has 0 atom stereocenters. The van der Waals surface area contributed by atoms with Gasteiger partial charge in [0.1, 0.15) is 0 Å². The predicted molar refractivity (Wildman–Crippen MR) is 81.7 cm³/mol. The van der Waals surface area contributed by atoms with Gasteiger partial charge in [0, 0.05) is 5.57 Å². The first-order valence-electron chi connectivity index (χ1n) is 6.72. The zero-order valence-electron chi connectivity index (χ0n) is 11.5. The Balaban J connectivity index is 2.27. The highest BCUT2D eigenvalue weighted by Gasteiger charge is 2.22. The van der Waals surface area contributed by atoms with Gasteiger partial charge in [-0.25, -0.2) is 0 Å². The van der Waals surface area contributed by atoms with E-state index in [2.05, 4.69) is 25.6 Å². The van der Waals surface area contributed by atoms with Crippen molar-refractivity contribution >= 4 is 17.6 Å². The summed E-state index contributed by atoms with van der Waals surface area (Å²) in [6.45, 7) is 6.20. The van der Waals surface area contributed by atoms with E-state index in [4.69, 9.17) is 5.73 Å². The molecule has 1 aromatic rings. The summed E-state index contributed by atoms with van der Waals surface area (Å²) >= 11 is 0. The highest BCUT2D eigenvalue weighted by Crippen LogP contribution is 2.38. The van der Waals surface area contributed by atoms with E-state index >= 15 is 0 Å². The SMILES string of the molecule is C=C1CC=CC(C([NH])=O)=C1c1cccc2c1C=C(C)C2. The van der Waals surface area contributed by atoms with Crippen LogP contribution in [0, 0.1) is 0 Å². The lowest BCUT2D eigenvalue weighted by Crippen LogP contribution is -2.09. The van der Waals surface area contributed by atoms with E-state index in [1.807, 2.05) is 18.2 Å². The van der Waals surface area contributed by atoms with Gasteiger partial charge in [0.05, 0.1) is 0 Å². The molecule has 20 heavy (non-hydrogen) atoms. The maximum Gasteiger partial charge on any atom is 0.270 e. The summed E-state index contributed by atoms with van der Waals surface area (Å²) in [5.41, 5.74) is 14.5. The van der Waals surface area contributed by atoms with Gasteiger partial charge < -0.3 is 0 Å². The lowest BCUT2D eigenvalue weighted by atomic mass is 9.85. The predicted octanol–water partition coefficient (Wildman–Crippen LogP) is 3.73.